The predicted octanol–water partition coefficient (Wildman–Crippen LogP) is 4.63. The minimum atomic E-state index is -2.68. The highest BCUT2D eigenvalue weighted by Crippen LogP contribution is 2.32. The maximum Gasteiger partial charge on any atom is 0.416 e. The number of pyridine rings is 1. The van der Waals surface area contributed by atoms with Gasteiger partial charge in [0.15, 0.2) is 6.29 Å². The summed E-state index contributed by atoms with van der Waals surface area (Å²) in [5, 5.41) is 9.30. The number of halogens is 2. The van der Waals surface area contributed by atoms with Crippen LogP contribution >= 0.6 is 0 Å². The number of nitriles is 1. The molecule has 33 heavy (non-hydrogen) atoms. The van der Waals surface area contributed by atoms with Crippen molar-refractivity contribution in [3.8, 4) is 6.07 Å². The van der Waals surface area contributed by atoms with Gasteiger partial charge in [-0.05, 0) is 46.1 Å². The Morgan fingerprint density at radius 3 is 2.67 bits per heavy atom. The van der Waals surface area contributed by atoms with E-state index < -0.39 is 17.6 Å². The molecule has 182 valence electrons. The third-order valence-electron chi connectivity index (χ3n) is 5.38. The second-order valence-corrected chi connectivity index (χ2v) is 9.35. The lowest BCUT2D eigenvalue weighted by atomic mass is 10.1. The van der Waals surface area contributed by atoms with Crippen molar-refractivity contribution in [1.82, 2.24) is 4.98 Å². The molecule has 0 bridgehead atoms. The van der Waals surface area contributed by atoms with E-state index in [0.717, 1.165) is 24.2 Å². The van der Waals surface area contributed by atoms with Gasteiger partial charge in [0.1, 0.15) is 18.0 Å². The molecule has 0 spiro atoms. The monoisotopic (exact) mass is 466 g/mol. The molecule has 10 heteroatoms. The molecule has 0 radical (unpaired) electrons. The van der Waals surface area contributed by atoms with E-state index >= 15 is 0 Å². The van der Waals surface area contributed by atoms with Crippen molar-refractivity contribution in [2.24, 2.45) is 0 Å². The average molecular weight is 467 g/mol. The molecule has 1 atom stereocenters. The Morgan fingerprint density at radius 2 is 2.06 bits per heavy atom. The molecule has 1 aromatic heterocycles. The topological polar surface area (TPSA) is 87.9 Å². The Hall–Kier alpha value is -2.51. The normalized spacial score (nSPS) is 20.7. The van der Waals surface area contributed by atoms with Crippen LogP contribution < -0.4 is 9.80 Å². The van der Waals surface area contributed by atoms with Gasteiger partial charge in [-0.1, -0.05) is 0 Å². The highest BCUT2D eigenvalue weighted by molar-refractivity contribution is 5.87. The summed E-state index contributed by atoms with van der Waals surface area (Å²) in [6.45, 7) is 6.05. The van der Waals surface area contributed by atoms with Gasteiger partial charge >= 0.3 is 6.09 Å². The summed E-state index contributed by atoms with van der Waals surface area (Å²) in [5.74, 6) is -2.47. The first kappa shape index (κ1) is 25.1. The minimum absolute atomic E-state index is 0.129. The number of piperidine rings is 1. The van der Waals surface area contributed by atoms with Crippen molar-refractivity contribution in [2.45, 2.75) is 77.3 Å². The zero-order chi connectivity index (χ0) is 24.1. The van der Waals surface area contributed by atoms with E-state index in [1.807, 2.05) is 11.0 Å². The maximum atomic E-state index is 13.7. The number of nitrogens with zero attached hydrogens (tertiary/aromatic N) is 4. The molecular weight excluding hydrogens is 434 g/mol. The number of ether oxygens (including phenoxy) is 3. The molecule has 0 aromatic carbocycles. The van der Waals surface area contributed by atoms with Crippen LogP contribution in [0.5, 0.6) is 0 Å². The molecule has 2 aliphatic rings. The molecule has 0 saturated carbocycles. The van der Waals surface area contributed by atoms with Gasteiger partial charge in [0, 0.05) is 44.3 Å². The number of carbonyl (C=O) groups excluding carboxylic acids is 1. The standard InChI is InChI=1S/C23H32F2N4O4/c1-22(2,3)33-21(30)29(12-9-26)19-15-18(28-10-7-23(24,25)8-11-28)14-17(27-19)16-32-20-6-4-5-13-31-20/h14-15,20H,4-8,10-13,16H2,1-3H3. The first-order valence-electron chi connectivity index (χ1n) is 11.3. The smallest absolute Gasteiger partial charge is 0.416 e. The van der Waals surface area contributed by atoms with E-state index in [1.54, 1.807) is 32.9 Å². The fraction of sp³-hybridized carbons (Fsp3) is 0.696. The van der Waals surface area contributed by atoms with Crippen molar-refractivity contribution in [2.75, 3.05) is 36.0 Å². The van der Waals surface area contributed by atoms with Gasteiger partial charge in [0.25, 0.3) is 5.92 Å². The van der Waals surface area contributed by atoms with Crippen molar-refractivity contribution in [1.29, 1.82) is 5.26 Å². The van der Waals surface area contributed by atoms with E-state index in [1.165, 1.54) is 0 Å². The molecule has 2 aliphatic heterocycles. The minimum Gasteiger partial charge on any atom is -0.443 e. The number of alkyl halides is 2. The Balaban J connectivity index is 1.87. The van der Waals surface area contributed by atoms with Gasteiger partial charge in [-0.3, -0.25) is 0 Å². The number of hydrogen-bond donors (Lipinski definition) is 0. The fourth-order valence-electron chi connectivity index (χ4n) is 3.69. The van der Waals surface area contributed by atoms with Crippen LogP contribution in [-0.4, -0.2) is 55.1 Å². The van der Waals surface area contributed by atoms with Crippen LogP contribution in [0.25, 0.3) is 0 Å². The van der Waals surface area contributed by atoms with Crippen molar-refractivity contribution < 1.29 is 27.8 Å². The molecule has 3 rings (SSSR count). The molecule has 1 aromatic rings. The van der Waals surface area contributed by atoms with E-state index in [0.29, 0.717) is 18.0 Å². The Labute approximate surface area is 193 Å². The van der Waals surface area contributed by atoms with Crippen molar-refractivity contribution in [3.05, 3.63) is 17.8 Å². The zero-order valence-corrected chi connectivity index (χ0v) is 19.5. The number of aromatic nitrogens is 1. The Morgan fingerprint density at radius 1 is 1.33 bits per heavy atom. The lowest BCUT2D eigenvalue weighted by Gasteiger charge is -2.34. The average Bonchev–Trinajstić information content (AvgIpc) is 2.75. The van der Waals surface area contributed by atoms with Gasteiger partial charge in [0.2, 0.25) is 0 Å². The molecule has 0 N–H and O–H groups in total. The first-order valence-corrected chi connectivity index (χ1v) is 11.3. The van der Waals surface area contributed by atoms with E-state index in [-0.39, 0.29) is 51.2 Å². The number of anilines is 2. The number of rotatable bonds is 6. The molecular formula is C23H32F2N4O4. The van der Waals surface area contributed by atoms with Gasteiger partial charge in [-0.2, -0.15) is 5.26 Å². The van der Waals surface area contributed by atoms with Gasteiger partial charge in [-0.15, -0.1) is 0 Å². The molecule has 1 amide bonds. The number of hydrogen-bond acceptors (Lipinski definition) is 7. The van der Waals surface area contributed by atoms with Crippen LogP contribution in [0.4, 0.5) is 25.1 Å². The van der Waals surface area contributed by atoms with E-state index in [9.17, 15) is 18.8 Å². The number of amides is 1. The first-order chi connectivity index (χ1) is 15.6. The largest absolute Gasteiger partial charge is 0.443 e. The summed E-state index contributed by atoms with van der Waals surface area (Å²) >= 11 is 0. The second kappa shape index (κ2) is 10.6. The van der Waals surface area contributed by atoms with Crippen LogP contribution in [0.2, 0.25) is 0 Å². The molecule has 2 saturated heterocycles. The quantitative estimate of drug-likeness (QED) is 0.565. The summed E-state index contributed by atoms with van der Waals surface area (Å²) in [7, 11) is 0. The van der Waals surface area contributed by atoms with Crippen LogP contribution in [0, 0.1) is 11.3 Å². The highest BCUT2D eigenvalue weighted by Gasteiger charge is 2.34. The zero-order valence-electron chi connectivity index (χ0n) is 19.5. The summed E-state index contributed by atoms with van der Waals surface area (Å²) in [6, 6.07) is 5.37. The molecule has 1 unspecified atom stereocenters. The lowest BCUT2D eigenvalue weighted by Crippen LogP contribution is -2.40. The maximum absolute atomic E-state index is 13.7. The van der Waals surface area contributed by atoms with Gasteiger partial charge in [-0.25, -0.2) is 23.5 Å². The summed E-state index contributed by atoms with van der Waals surface area (Å²) in [5.41, 5.74) is 0.399. The van der Waals surface area contributed by atoms with Crippen molar-refractivity contribution in [3.63, 3.8) is 0 Å². The van der Waals surface area contributed by atoms with Crippen LogP contribution in [0.1, 0.15) is 58.6 Å². The molecule has 0 aliphatic carbocycles. The lowest BCUT2D eigenvalue weighted by molar-refractivity contribution is -0.169. The molecule has 2 fully saturated rings. The predicted molar refractivity (Wildman–Crippen MR) is 118 cm³/mol. The van der Waals surface area contributed by atoms with Crippen molar-refractivity contribution >= 4 is 17.6 Å². The molecule has 8 nitrogen and oxygen atoms in total. The Kier molecular flexibility index (Phi) is 8.08. The van der Waals surface area contributed by atoms with Crippen LogP contribution in [0.3, 0.4) is 0 Å². The second-order valence-electron chi connectivity index (χ2n) is 9.35. The Bertz CT molecular complexity index is 853. The van der Waals surface area contributed by atoms with Gasteiger partial charge < -0.3 is 19.1 Å². The SMILES string of the molecule is CC(C)(C)OC(=O)N(CC#N)c1cc(N2CCC(F)(F)CC2)cc(COC2CCCCO2)n1. The van der Waals surface area contributed by atoms with Crippen LogP contribution in [-0.2, 0) is 20.8 Å². The summed E-state index contributed by atoms with van der Waals surface area (Å²) < 4.78 is 44.3. The third kappa shape index (κ3) is 7.51. The molecule has 3 heterocycles. The highest BCUT2D eigenvalue weighted by atomic mass is 19.3. The van der Waals surface area contributed by atoms with E-state index in [2.05, 4.69) is 4.98 Å². The summed E-state index contributed by atoms with van der Waals surface area (Å²) in [4.78, 5) is 20.3. The third-order valence-corrected chi connectivity index (χ3v) is 5.38. The summed E-state index contributed by atoms with van der Waals surface area (Å²) in [6.07, 6.45) is 1.26. The number of carbonyl (C=O) groups is 1. The van der Waals surface area contributed by atoms with E-state index in [4.69, 9.17) is 14.2 Å². The van der Waals surface area contributed by atoms with Gasteiger partial charge in [0.05, 0.1) is 18.4 Å². The fourth-order valence-corrected chi connectivity index (χ4v) is 3.69. The van der Waals surface area contributed by atoms with Crippen LogP contribution in [0.15, 0.2) is 12.1 Å².